The van der Waals surface area contributed by atoms with Crippen molar-refractivity contribution in [3.05, 3.63) is 59.2 Å². The highest BCUT2D eigenvalue weighted by atomic mass is 16.5. The quantitative estimate of drug-likeness (QED) is 0.646. The minimum Gasteiger partial charge on any atom is -0.493 e. The molecular formula is C24H29NO4. The van der Waals surface area contributed by atoms with Crippen molar-refractivity contribution in [1.29, 1.82) is 0 Å². The molecule has 1 atom stereocenters. The highest BCUT2D eigenvalue weighted by molar-refractivity contribution is 5.97. The number of amides is 1. The first-order valence-corrected chi connectivity index (χ1v) is 10.2. The minimum absolute atomic E-state index is 0.00904. The molecule has 2 aromatic rings. The summed E-state index contributed by atoms with van der Waals surface area (Å²) >= 11 is 0. The van der Waals surface area contributed by atoms with Crippen LogP contribution in [-0.2, 0) is 6.42 Å². The lowest BCUT2D eigenvalue weighted by molar-refractivity contribution is 0.0601. The summed E-state index contributed by atoms with van der Waals surface area (Å²) in [4.78, 5) is 26.6. The summed E-state index contributed by atoms with van der Waals surface area (Å²) in [7, 11) is 3.27. The lowest BCUT2D eigenvalue weighted by atomic mass is 9.94. The van der Waals surface area contributed by atoms with E-state index in [1.165, 1.54) is 12.5 Å². The molecule has 1 saturated heterocycles. The molecule has 29 heavy (non-hydrogen) atoms. The number of rotatable bonds is 7. The minimum atomic E-state index is 0.00904. The largest absolute Gasteiger partial charge is 0.493 e. The number of Topliss-reactive ketones (excluding diaryl/α,β-unsaturated/α-hetero) is 1. The van der Waals surface area contributed by atoms with Crippen LogP contribution in [0.3, 0.4) is 0 Å². The van der Waals surface area contributed by atoms with Gasteiger partial charge in [-0.3, -0.25) is 9.59 Å². The van der Waals surface area contributed by atoms with Gasteiger partial charge in [0.1, 0.15) is 0 Å². The van der Waals surface area contributed by atoms with Crippen molar-refractivity contribution in [2.24, 2.45) is 0 Å². The second kappa shape index (κ2) is 9.59. The van der Waals surface area contributed by atoms with Gasteiger partial charge in [-0.25, -0.2) is 0 Å². The Morgan fingerprint density at radius 1 is 0.966 bits per heavy atom. The zero-order valence-electron chi connectivity index (χ0n) is 17.4. The van der Waals surface area contributed by atoms with Crippen LogP contribution < -0.4 is 9.47 Å². The van der Waals surface area contributed by atoms with Crippen LogP contribution in [0.25, 0.3) is 0 Å². The first kappa shape index (κ1) is 20.9. The zero-order chi connectivity index (χ0) is 20.8. The Labute approximate surface area is 172 Å². The van der Waals surface area contributed by atoms with E-state index in [1.54, 1.807) is 38.5 Å². The normalized spacial score (nSPS) is 16.4. The van der Waals surface area contributed by atoms with Crippen LogP contribution in [0.1, 0.15) is 58.9 Å². The van der Waals surface area contributed by atoms with Gasteiger partial charge in [0.15, 0.2) is 17.3 Å². The SMILES string of the molecule is COc1ccc(CCC2CCCCN2C(=O)c2ccc(C(C)=O)cc2)cc1OC. The summed E-state index contributed by atoms with van der Waals surface area (Å²) in [5, 5.41) is 0. The number of ether oxygens (including phenoxy) is 2. The van der Waals surface area contributed by atoms with Gasteiger partial charge in [0.05, 0.1) is 14.2 Å². The van der Waals surface area contributed by atoms with Gasteiger partial charge in [-0.1, -0.05) is 18.2 Å². The van der Waals surface area contributed by atoms with Crippen molar-refractivity contribution in [2.75, 3.05) is 20.8 Å². The summed E-state index contributed by atoms with van der Waals surface area (Å²) in [6, 6.07) is 13.2. The highest BCUT2D eigenvalue weighted by Crippen LogP contribution is 2.29. The van der Waals surface area contributed by atoms with Gasteiger partial charge < -0.3 is 14.4 Å². The number of ketones is 1. The lowest BCUT2D eigenvalue weighted by Gasteiger charge is -2.36. The molecule has 5 nitrogen and oxygen atoms in total. The van der Waals surface area contributed by atoms with Gasteiger partial charge in [-0.2, -0.15) is 0 Å². The predicted molar refractivity (Wildman–Crippen MR) is 113 cm³/mol. The molecule has 1 unspecified atom stereocenters. The van der Waals surface area contributed by atoms with Crippen LogP contribution in [-0.4, -0.2) is 43.4 Å². The third-order valence-corrected chi connectivity index (χ3v) is 5.64. The number of likely N-dealkylation sites (tertiary alicyclic amines) is 1. The number of methoxy groups -OCH3 is 2. The number of carbonyl (C=O) groups excluding carboxylic acids is 2. The molecule has 0 bridgehead atoms. The number of carbonyl (C=O) groups is 2. The van der Waals surface area contributed by atoms with Gasteiger partial charge in [-0.15, -0.1) is 0 Å². The van der Waals surface area contributed by atoms with Crippen LogP contribution in [0.2, 0.25) is 0 Å². The van der Waals surface area contributed by atoms with E-state index in [0.717, 1.165) is 50.1 Å². The van der Waals surface area contributed by atoms with Crippen LogP contribution in [0.4, 0.5) is 0 Å². The molecule has 0 spiro atoms. The van der Waals surface area contributed by atoms with E-state index >= 15 is 0 Å². The first-order chi connectivity index (χ1) is 14.0. The van der Waals surface area contributed by atoms with E-state index in [0.29, 0.717) is 11.1 Å². The number of piperidine rings is 1. The van der Waals surface area contributed by atoms with E-state index in [-0.39, 0.29) is 17.7 Å². The van der Waals surface area contributed by atoms with Gasteiger partial charge >= 0.3 is 0 Å². The van der Waals surface area contributed by atoms with Crippen molar-refractivity contribution in [1.82, 2.24) is 4.90 Å². The van der Waals surface area contributed by atoms with E-state index in [9.17, 15) is 9.59 Å². The first-order valence-electron chi connectivity index (χ1n) is 10.2. The molecule has 0 aliphatic carbocycles. The summed E-state index contributed by atoms with van der Waals surface area (Å²) in [6.45, 7) is 2.32. The maximum atomic E-state index is 13.1. The molecule has 1 fully saturated rings. The molecule has 0 saturated carbocycles. The maximum absolute atomic E-state index is 13.1. The van der Waals surface area contributed by atoms with Crippen LogP contribution in [0, 0.1) is 0 Å². The standard InChI is InChI=1S/C24H29NO4/c1-17(26)19-9-11-20(12-10-19)24(27)25-15-5-4-6-21(25)13-7-18-8-14-22(28-2)23(16-18)29-3/h8-12,14,16,21H,4-7,13,15H2,1-3H3. The van der Waals surface area contributed by atoms with Crippen LogP contribution in [0.5, 0.6) is 11.5 Å². The second-order valence-electron chi connectivity index (χ2n) is 7.51. The summed E-state index contributed by atoms with van der Waals surface area (Å²) in [5.41, 5.74) is 2.45. The van der Waals surface area contributed by atoms with Gasteiger partial charge in [0.25, 0.3) is 5.91 Å². The molecule has 0 N–H and O–H groups in total. The molecular weight excluding hydrogens is 366 g/mol. The number of hydrogen-bond acceptors (Lipinski definition) is 4. The number of hydrogen-bond donors (Lipinski definition) is 0. The van der Waals surface area contributed by atoms with Gasteiger partial charge in [0, 0.05) is 23.7 Å². The fourth-order valence-electron chi connectivity index (χ4n) is 3.95. The fraction of sp³-hybridized carbons (Fsp3) is 0.417. The topological polar surface area (TPSA) is 55.8 Å². The molecule has 0 radical (unpaired) electrons. The van der Waals surface area contributed by atoms with E-state index in [4.69, 9.17) is 9.47 Å². The van der Waals surface area contributed by atoms with Crippen molar-refractivity contribution < 1.29 is 19.1 Å². The van der Waals surface area contributed by atoms with E-state index < -0.39 is 0 Å². The van der Waals surface area contributed by atoms with Crippen molar-refractivity contribution in [2.45, 2.75) is 45.1 Å². The summed E-state index contributed by atoms with van der Waals surface area (Å²) in [5.74, 6) is 1.51. The Hall–Kier alpha value is -2.82. The van der Waals surface area contributed by atoms with E-state index in [1.807, 2.05) is 17.0 Å². The van der Waals surface area contributed by atoms with Crippen LogP contribution >= 0.6 is 0 Å². The molecule has 154 valence electrons. The predicted octanol–water partition coefficient (Wildman–Crippen LogP) is 4.53. The zero-order valence-corrected chi connectivity index (χ0v) is 17.4. The molecule has 1 aliphatic heterocycles. The Balaban J connectivity index is 1.69. The third kappa shape index (κ3) is 4.97. The average molecular weight is 395 g/mol. The Morgan fingerprint density at radius 3 is 2.31 bits per heavy atom. The Bertz CT molecular complexity index is 860. The molecule has 1 heterocycles. The second-order valence-corrected chi connectivity index (χ2v) is 7.51. The number of nitrogens with zero attached hydrogens (tertiary/aromatic N) is 1. The van der Waals surface area contributed by atoms with Crippen molar-refractivity contribution in [3.63, 3.8) is 0 Å². The molecule has 0 aromatic heterocycles. The molecule has 2 aromatic carbocycles. The Kier molecular flexibility index (Phi) is 6.91. The molecule has 3 rings (SSSR count). The van der Waals surface area contributed by atoms with Gasteiger partial charge in [0.2, 0.25) is 0 Å². The van der Waals surface area contributed by atoms with Gasteiger partial charge in [-0.05, 0) is 68.9 Å². The number of benzene rings is 2. The summed E-state index contributed by atoms with van der Waals surface area (Å²) in [6.07, 6.45) is 4.98. The average Bonchev–Trinajstić information content (AvgIpc) is 2.77. The molecule has 5 heteroatoms. The fourth-order valence-corrected chi connectivity index (χ4v) is 3.95. The summed E-state index contributed by atoms with van der Waals surface area (Å²) < 4.78 is 10.7. The van der Waals surface area contributed by atoms with Crippen molar-refractivity contribution >= 4 is 11.7 Å². The maximum Gasteiger partial charge on any atom is 0.254 e. The Morgan fingerprint density at radius 2 is 1.66 bits per heavy atom. The van der Waals surface area contributed by atoms with E-state index in [2.05, 4.69) is 6.07 Å². The lowest BCUT2D eigenvalue weighted by Crippen LogP contribution is -2.44. The van der Waals surface area contributed by atoms with Crippen LogP contribution in [0.15, 0.2) is 42.5 Å². The van der Waals surface area contributed by atoms with Crippen molar-refractivity contribution in [3.8, 4) is 11.5 Å². The third-order valence-electron chi connectivity index (χ3n) is 5.64. The monoisotopic (exact) mass is 395 g/mol. The molecule has 1 aliphatic rings. The highest BCUT2D eigenvalue weighted by Gasteiger charge is 2.27. The smallest absolute Gasteiger partial charge is 0.254 e. The number of aryl methyl sites for hydroxylation is 1. The molecule has 1 amide bonds.